The van der Waals surface area contributed by atoms with E-state index in [9.17, 15) is 4.79 Å². The highest BCUT2D eigenvalue weighted by atomic mass is 35.5. The summed E-state index contributed by atoms with van der Waals surface area (Å²) >= 11 is 8.21. The van der Waals surface area contributed by atoms with Gasteiger partial charge in [-0.3, -0.25) is 15.6 Å². The molecule has 9 nitrogen and oxygen atoms in total. The SMILES string of the molecule is CC(=O)Nc1cc(-c2nnc(NC3CCC4NNCC4C3Cl)s2)ccc1-c1ncco1. The average Bonchev–Trinajstić information content (AvgIpc) is 3.51. The first-order valence-electron chi connectivity index (χ1n) is 10.1. The van der Waals surface area contributed by atoms with Gasteiger partial charge in [-0.2, -0.15) is 0 Å². The van der Waals surface area contributed by atoms with Crippen molar-refractivity contribution in [2.24, 2.45) is 5.92 Å². The van der Waals surface area contributed by atoms with Crippen molar-refractivity contribution >= 4 is 39.7 Å². The molecule has 11 heteroatoms. The zero-order chi connectivity index (χ0) is 21.4. The number of aromatic nitrogens is 3. The minimum atomic E-state index is -0.177. The van der Waals surface area contributed by atoms with Gasteiger partial charge in [-0.25, -0.2) is 4.98 Å². The molecule has 1 aliphatic carbocycles. The number of anilines is 2. The number of hydrogen-bond donors (Lipinski definition) is 4. The van der Waals surface area contributed by atoms with Crippen molar-refractivity contribution in [2.45, 2.75) is 37.2 Å². The first-order chi connectivity index (χ1) is 15.1. The summed E-state index contributed by atoms with van der Waals surface area (Å²) in [5, 5.41) is 16.5. The van der Waals surface area contributed by atoms with Gasteiger partial charge in [0.15, 0.2) is 0 Å². The van der Waals surface area contributed by atoms with Gasteiger partial charge in [0.25, 0.3) is 0 Å². The Bertz CT molecular complexity index is 1070. The fourth-order valence-electron chi connectivity index (χ4n) is 4.22. The van der Waals surface area contributed by atoms with Crippen LogP contribution in [-0.2, 0) is 4.79 Å². The number of fused-ring (bicyclic) bond motifs is 1. The van der Waals surface area contributed by atoms with E-state index in [1.54, 1.807) is 6.20 Å². The fourth-order valence-corrected chi connectivity index (χ4v) is 5.47. The molecule has 1 saturated heterocycles. The summed E-state index contributed by atoms with van der Waals surface area (Å²) < 4.78 is 5.40. The Kier molecular flexibility index (Phi) is 5.61. The third-order valence-electron chi connectivity index (χ3n) is 5.70. The Morgan fingerprint density at radius 2 is 2.23 bits per heavy atom. The van der Waals surface area contributed by atoms with Crippen LogP contribution in [0.2, 0.25) is 0 Å². The summed E-state index contributed by atoms with van der Waals surface area (Å²) in [4.78, 5) is 15.9. The van der Waals surface area contributed by atoms with Crippen molar-refractivity contribution in [1.82, 2.24) is 26.0 Å². The summed E-state index contributed by atoms with van der Waals surface area (Å²) in [5.41, 5.74) is 8.67. The zero-order valence-corrected chi connectivity index (χ0v) is 18.3. The molecule has 0 bridgehead atoms. The summed E-state index contributed by atoms with van der Waals surface area (Å²) in [6.07, 6.45) is 5.10. The van der Waals surface area contributed by atoms with Crippen LogP contribution in [0.4, 0.5) is 10.8 Å². The van der Waals surface area contributed by atoms with Crippen LogP contribution < -0.4 is 21.5 Å². The first-order valence-corrected chi connectivity index (χ1v) is 11.4. The topological polar surface area (TPSA) is 117 Å². The number of hydrazine groups is 1. The molecule has 2 fully saturated rings. The average molecular weight is 460 g/mol. The Morgan fingerprint density at radius 3 is 3.03 bits per heavy atom. The molecule has 3 aromatic rings. The number of halogens is 1. The lowest BCUT2D eigenvalue weighted by Gasteiger charge is -2.35. The predicted molar refractivity (Wildman–Crippen MR) is 120 cm³/mol. The number of nitrogens with one attached hydrogen (secondary N) is 4. The molecule has 31 heavy (non-hydrogen) atoms. The molecule has 4 N–H and O–H groups in total. The Hall–Kier alpha value is -2.53. The molecule has 0 spiro atoms. The minimum Gasteiger partial charge on any atom is -0.444 e. The van der Waals surface area contributed by atoms with Gasteiger partial charge in [0.1, 0.15) is 11.3 Å². The second-order valence-electron chi connectivity index (χ2n) is 7.76. The molecule has 1 aliphatic heterocycles. The van der Waals surface area contributed by atoms with Gasteiger partial charge in [-0.15, -0.1) is 21.8 Å². The molecule has 5 rings (SSSR count). The van der Waals surface area contributed by atoms with Crippen LogP contribution in [0.15, 0.2) is 35.1 Å². The van der Waals surface area contributed by atoms with Crippen LogP contribution in [0.25, 0.3) is 22.0 Å². The second-order valence-corrected chi connectivity index (χ2v) is 9.24. The Balaban J connectivity index is 1.36. The van der Waals surface area contributed by atoms with E-state index >= 15 is 0 Å². The molecule has 2 aliphatic rings. The van der Waals surface area contributed by atoms with E-state index in [2.05, 4.69) is 36.7 Å². The molecule has 4 unspecified atom stereocenters. The van der Waals surface area contributed by atoms with Crippen molar-refractivity contribution in [3.05, 3.63) is 30.7 Å². The van der Waals surface area contributed by atoms with E-state index in [4.69, 9.17) is 16.0 Å². The molecule has 1 saturated carbocycles. The number of oxazole rings is 1. The maximum absolute atomic E-state index is 11.7. The van der Waals surface area contributed by atoms with E-state index in [0.29, 0.717) is 29.1 Å². The van der Waals surface area contributed by atoms with Crippen LogP contribution in [-0.4, -0.2) is 45.1 Å². The largest absolute Gasteiger partial charge is 0.444 e. The van der Waals surface area contributed by atoms with E-state index < -0.39 is 0 Å². The van der Waals surface area contributed by atoms with Crippen LogP contribution in [0, 0.1) is 5.92 Å². The molecular formula is C20H22ClN7O2S. The van der Waals surface area contributed by atoms with Crippen LogP contribution in [0.5, 0.6) is 0 Å². The maximum atomic E-state index is 11.7. The van der Waals surface area contributed by atoms with E-state index in [1.807, 2.05) is 18.2 Å². The highest BCUT2D eigenvalue weighted by Crippen LogP contribution is 2.36. The lowest BCUT2D eigenvalue weighted by atomic mass is 9.82. The molecule has 1 aromatic carbocycles. The number of amides is 1. The molecule has 0 radical (unpaired) electrons. The molecule has 1 amide bonds. The normalized spacial score (nSPS) is 25.2. The van der Waals surface area contributed by atoms with Gasteiger partial charge in [0.2, 0.25) is 16.9 Å². The number of hydrogen-bond acceptors (Lipinski definition) is 9. The van der Waals surface area contributed by atoms with Crippen molar-refractivity contribution in [3.8, 4) is 22.0 Å². The van der Waals surface area contributed by atoms with Crippen LogP contribution in [0.1, 0.15) is 19.8 Å². The predicted octanol–water partition coefficient (Wildman–Crippen LogP) is 3.09. The van der Waals surface area contributed by atoms with E-state index in [1.165, 1.54) is 24.5 Å². The monoisotopic (exact) mass is 459 g/mol. The number of rotatable bonds is 5. The molecule has 3 heterocycles. The Labute approximate surface area is 188 Å². The fraction of sp³-hybridized carbons (Fsp3) is 0.400. The van der Waals surface area contributed by atoms with Crippen molar-refractivity contribution in [1.29, 1.82) is 0 Å². The third kappa shape index (κ3) is 4.16. The quantitative estimate of drug-likeness (QED) is 0.430. The lowest BCUT2D eigenvalue weighted by molar-refractivity contribution is -0.114. The molecule has 4 atom stereocenters. The summed E-state index contributed by atoms with van der Waals surface area (Å²) in [7, 11) is 0. The summed E-state index contributed by atoms with van der Waals surface area (Å²) in [6.45, 7) is 2.34. The van der Waals surface area contributed by atoms with Gasteiger partial charge >= 0.3 is 0 Å². The van der Waals surface area contributed by atoms with E-state index in [0.717, 1.165) is 35.1 Å². The zero-order valence-electron chi connectivity index (χ0n) is 16.8. The number of alkyl halides is 1. The molecule has 2 aromatic heterocycles. The van der Waals surface area contributed by atoms with Gasteiger partial charge in [0.05, 0.1) is 22.8 Å². The van der Waals surface area contributed by atoms with Crippen LogP contribution >= 0.6 is 22.9 Å². The third-order valence-corrected chi connectivity index (χ3v) is 7.23. The highest BCUT2D eigenvalue weighted by Gasteiger charge is 2.41. The number of carbonyl (C=O) groups excluding carboxylic acids is 1. The number of nitrogens with zero attached hydrogens (tertiary/aromatic N) is 3. The first kappa shape index (κ1) is 20.4. The summed E-state index contributed by atoms with van der Waals surface area (Å²) in [5.74, 6) is 0.655. The smallest absolute Gasteiger partial charge is 0.227 e. The molecular weight excluding hydrogens is 438 g/mol. The van der Waals surface area contributed by atoms with Crippen LogP contribution in [0.3, 0.4) is 0 Å². The van der Waals surface area contributed by atoms with E-state index in [-0.39, 0.29) is 17.3 Å². The lowest BCUT2D eigenvalue weighted by Crippen LogP contribution is -2.47. The maximum Gasteiger partial charge on any atom is 0.227 e. The van der Waals surface area contributed by atoms with Gasteiger partial charge < -0.3 is 15.1 Å². The van der Waals surface area contributed by atoms with Gasteiger partial charge in [0, 0.05) is 37.0 Å². The number of carbonyl (C=O) groups is 1. The van der Waals surface area contributed by atoms with Gasteiger partial charge in [-0.05, 0) is 25.0 Å². The van der Waals surface area contributed by atoms with Crippen molar-refractivity contribution in [3.63, 3.8) is 0 Å². The minimum absolute atomic E-state index is 0.0139. The number of benzene rings is 1. The second kappa shape index (κ2) is 8.54. The summed E-state index contributed by atoms with van der Waals surface area (Å²) in [6, 6.07) is 6.21. The molecule has 162 valence electrons. The standard InChI is InChI=1S/C20H22ClN7O2S/c1-10(29)24-16-8-11(2-3-12(16)18-22-6-7-30-18)19-27-28-20(31-19)25-15-5-4-14-13(17(15)21)9-23-26-14/h2-3,6-8,13-15,17,23,26H,4-5,9H2,1H3,(H,24,29)(H,25,28). The highest BCUT2D eigenvalue weighted by molar-refractivity contribution is 7.18. The van der Waals surface area contributed by atoms with Gasteiger partial charge in [-0.1, -0.05) is 17.4 Å². The Morgan fingerprint density at radius 1 is 1.32 bits per heavy atom. The van der Waals surface area contributed by atoms with Crippen molar-refractivity contribution < 1.29 is 9.21 Å². The van der Waals surface area contributed by atoms with Crippen molar-refractivity contribution in [2.75, 3.05) is 17.2 Å².